The van der Waals surface area contributed by atoms with Crippen molar-refractivity contribution in [2.45, 2.75) is 95.0 Å². The molecule has 0 heterocycles. The van der Waals surface area contributed by atoms with Gasteiger partial charge >= 0.3 is 41.8 Å². The van der Waals surface area contributed by atoms with Crippen molar-refractivity contribution in [1.29, 1.82) is 0 Å². The molecule has 4 aromatic carbocycles. The topological polar surface area (TPSA) is 685 Å². The first kappa shape index (κ1) is 130. The average molecular weight is 2150 g/mol. The van der Waals surface area contributed by atoms with Gasteiger partial charge in [-0.1, -0.05) is 116 Å². The number of carboxylic acid groups (broad SMARTS) is 7. The van der Waals surface area contributed by atoms with Crippen molar-refractivity contribution >= 4 is 124 Å². The van der Waals surface area contributed by atoms with Gasteiger partial charge in [-0.15, -0.1) is 0 Å². The molecule has 4 aromatic rings. The number of benzene rings is 4. The molecule has 836 valence electrons. The van der Waals surface area contributed by atoms with E-state index in [2.05, 4.69) is 53.6 Å². The van der Waals surface area contributed by atoms with Crippen molar-refractivity contribution in [3.05, 3.63) is 143 Å². The molecule has 150 heavy (non-hydrogen) atoms. The van der Waals surface area contributed by atoms with Gasteiger partial charge in [0.05, 0.1) is 150 Å². The number of carboxylic acids is 7. The summed E-state index contributed by atoms with van der Waals surface area (Å²) < 4.78 is 34.1. The molecular weight excluding hydrogens is 2000 g/mol. The number of carbonyl (C=O) groups is 17. The molecule has 4 rings (SSSR count). The van der Waals surface area contributed by atoms with Crippen LogP contribution in [0.4, 0.5) is 0 Å². The standard InChI is InChI=1S/C98H152N20O30S2/c1-2-111(63-90(127)128)33-34-112(35-38-116(64-91(129)130)65-92(131)132)57-84(121)101-29-9-43-143-47-51-147-53-49-145-45-11-31-103-86(123)59-114(61-88(125)105-55-76-21-17-74(18-22-76)25-27-82(119)107-109-97(141)80(99)72-149-70-78-13-5-3-6-14-78)41-42-115(62-89(126)106-56-77-23-19-75(20-24-77)26-28-83(120)108-110-98(142)81(100)73-150-71-79-15-7-4-8-16-79)60-87(124)104-32-12-46-146-50-54-148-52-48-144-44-10-30-102-85(122)58-113(36-39-117(66-93(133)134)67-94(135)136)37-40-118(68-95(137)138)69-96(139)140/h3-8,13-24,80-81H,2,9-12,25-73,99-100H2,1H3,(H,101,121)(H,102,122)(H,103,123)(H,104,124)(H,105,125)(H,106,126)(H,107,119)(H,108,120)(H,109,141)(H,110,142)(H,127,128)(H,129,130)(H,131,132)(H,133,134)(H,135,136)(H,137,138)(H,139,140)/t80-,81-/m1/s1. The van der Waals surface area contributed by atoms with Crippen molar-refractivity contribution in [2.24, 2.45) is 11.5 Å². The summed E-state index contributed by atoms with van der Waals surface area (Å²) in [7, 11) is 0. The molecule has 21 N–H and O–H groups in total. The summed E-state index contributed by atoms with van der Waals surface area (Å²) in [4.78, 5) is 224. The van der Waals surface area contributed by atoms with Crippen molar-refractivity contribution < 1.29 is 146 Å². The minimum Gasteiger partial charge on any atom is -0.480 e. The summed E-state index contributed by atoms with van der Waals surface area (Å²) in [5.74, 6) is -11.1. The second-order valence-corrected chi connectivity index (χ2v) is 36.8. The molecule has 0 aromatic heterocycles. The normalized spacial score (nSPS) is 11.8. The Hall–Kier alpha value is -12.1. The van der Waals surface area contributed by atoms with Crippen LogP contribution in [-0.2, 0) is 147 Å². The molecule has 0 radical (unpaired) electrons. The molecule has 2 atom stereocenters. The summed E-state index contributed by atoms with van der Waals surface area (Å²) >= 11 is 2.98. The highest BCUT2D eigenvalue weighted by Crippen LogP contribution is 2.16. The SMILES string of the molecule is CCN(CCN(CCN(CC(=O)O)CC(=O)O)CC(=O)NCCCOCCOCCOCCCNC(=O)CN(CCN(CC(=O)NCCCOCCOCCOCCCNC(=O)CN(CCN(CC(=O)O)CC(=O)O)CCN(CC(=O)O)CC(=O)O)CC(=O)NCc1ccc(CCC(=O)NNC(=O)[C@H](N)CSCc2ccccc2)cc1)CC(=O)NCc1ccc(CCC(=O)NNC(=O)[C@H](N)CSCc2ccccc2)cc1)CC(=O)O. The zero-order valence-electron chi connectivity index (χ0n) is 85.3. The fraction of sp³-hybridized carbons (Fsp3) is 0.582. The van der Waals surface area contributed by atoms with Crippen LogP contribution < -0.4 is 65.1 Å². The lowest BCUT2D eigenvalue weighted by Gasteiger charge is -2.28. The molecular formula is C98H152N20O30S2. The number of nitrogens with two attached hydrogens (primary N) is 2. The molecule has 0 aliphatic heterocycles. The van der Waals surface area contributed by atoms with Gasteiger partial charge in [0.25, 0.3) is 11.8 Å². The quantitative estimate of drug-likeness (QED) is 0.0150. The maximum Gasteiger partial charge on any atom is 0.317 e. The van der Waals surface area contributed by atoms with E-state index in [9.17, 15) is 117 Å². The predicted octanol–water partition coefficient (Wildman–Crippen LogP) is -3.55. The summed E-state index contributed by atoms with van der Waals surface area (Å²) in [6.45, 7) is 1.23. The van der Waals surface area contributed by atoms with Crippen LogP contribution in [0.3, 0.4) is 0 Å². The number of aliphatic carboxylic acids is 7. The van der Waals surface area contributed by atoms with Crippen LogP contribution in [0.5, 0.6) is 0 Å². The van der Waals surface area contributed by atoms with Crippen LogP contribution in [0.1, 0.15) is 78.8 Å². The number of hydrogen-bond acceptors (Lipinski definition) is 35. The van der Waals surface area contributed by atoms with Gasteiger partial charge in [0.2, 0.25) is 47.3 Å². The van der Waals surface area contributed by atoms with E-state index in [1.807, 2.05) is 60.7 Å². The second-order valence-electron chi connectivity index (χ2n) is 34.7. The lowest BCUT2D eigenvalue weighted by atomic mass is 10.1. The minimum absolute atomic E-state index is 0.0000763. The van der Waals surface area contributed by atoms with E-state index in [-0.39, 0.29) is 249 Å². The summed E-state index contributed by atoms with van der Waals surface area (Å²) in [6.07, 6.45) is 2.34. The summed E-state index contributed by atoms with van der Waals surface area (Å²) in [6, 6.07) is 32.1. The number of nitrogens with one attached hydrogen (secondary N) is 10. The molecule has 0 unspecified atom stereocenters. The predicted molar refractivity (Wildman–Crippen MR) is 553 cm³/mol. The Morgan fingerprint density at radius 3 is 0.760 bits per heavy atom. The third-order valence-corrected chi connectivity index (χ3v) is 24.2. The maximum atomic E-state index is 14.0. The zero-order chi connectivity index (χ0) is 110. The molecule has 0 saturated heterocycles. The third-order valence-electron chi connectivity index (χ3n) is 21.9. The number of nitrogens with zero attached hydrogens (tertiary/aromatic N) is 8. The van der Waals surface area contributed by atoms with Gasteiger partial charge in [-0.3, -0.25) is 142 Å². The van der Waals surface area contributed by atoms with E-state index in [1.54, 1.807) is 75.1 Å². The van der Waals surface area contributed by atoms with Gasteiger partial charge in [-0.2, -0.15) is 23.5 Å². The van der Waals surface area contributed by atoms with Crippen LogP contribution in [0, 0.1) is 0 Å². The van der Waals surface area contributed by atoms with E-state index < -0.39 is 146 Å². The van der Waals surface area contributed by atoms with Crippen LogP contribution in [-0.4, -0.2) is 462 Å². The molecule has 52 heteroatoms. The maximum absolute atomic E-state index is 14.0. The first-order valence-electron chi connectivity index (χ1n) is 49.5. The molecule has 0 aliphatic carbocycles. The monoisotopic (exact) mass is 2150 g/mol. The van der Waals surface area contributed by atoms with E-state index in [1.165, 1.54) is 33.3 Å². The molecule has 0 saturated carbocycles. The highest BCUT2D eigenvalue weighted by Gasteiger charge is 2.26. The first-order valence-corrected chi connectivity index (χ1v) is 51.8. The number of hydrazine groups is 2. The molecule has 50 nitrogen and oxygen atoms in total. The van der Waals surface area contributed by atoms with Crippen molar-refractivity contribution in [1.82, 2.24) is 92.8 Å². The number of thioether (sulfide) groups is 2. The Morgan fingerprint density at radius 2 is 0.493 bits per heavy atom. The second kappa shape index (κ2) is 80.8. The van der Waals surface area contributed by atoms with Crippen LogP contribution in [0.2, 0.25) is 0 Å². The van der Waals surface area contributed by atoms with Crippen molar-refractivity contribution in [2.75, 3.05) is 274 Å². The van der Waals surface area contributed by atoms with Gasteiger partial charge < -0.3 is 108 Å². The van der Waals surface area contributed by atoms with Crippen LogP contribution in [0.25, 0.3) is 0 Å². The first-order chi connectivity index (χ1) is 72.1. The van der Waals surface area contributed by atoms with E-state index in [0.29, 0.717) is 79.2 Å². The smallest absolute Gasteiger partial charge is 0.317 e. The highest BCUT2D eigenvalue weighted by molar-refractivity contribution is 7.98. The Bertz CT molecular complexity index is 4400. The molecule has 0 bridgehead atoms. The van der Waals surface area contributed by atoms with Gasteiger partial charge in [-0.25, -0.2) is 0 Å². The lowest BCUT2D eigenvalue weighted by molar-refractivity contribution is -0.144. The summed E-state index contributed by atoms with van der Waals surface area (Å²) in [5.41, 5.74) is 27.0. The lowest BCUT2D eigenvalue weighted by Crippen LogP contribution is -2.50. The van der Waals surface area contributed by atoms with Gasteiger partial charge in [0.15, 0.2) is 0 Å². The minimum atomic E-state index is -1.28. The van der Waals surface area contributed by atoms with Crippen molar-refractivity contribution in [3.63, 3.8) is 0 Å². The number of likely N-dealkylation sites (N-methyl/N-ethyl adjacent to an activating group) is 1. The Kier molecular flexibility index (Phi) is 70.2. The van der Waals surface area contributed by atoms with E-state index >= 15 is 0 Å². The average Bonchev–Trinajstić information content (AvgIpc) is 0.899. The van der Waals surface area contributed by atoms with E-state index in [4.69, 9.17) is 39.9 Å². The van der Waals surface area contributed by atoms with Gasteiger partial charge in [0, 0.05) is 167 Å². The number of aryl methyl sites for hydroxylation is 2. The van der Waals surface area contributed by atoms with Crippen LogP contribution in [0.15, 0.2) is 109 Å². The molecule has 0 spiro atoms. The zero-order valence-corrected chi connectivity index (χ0v) is 86.9. The highest BCUT2D eigenvalue weighted by atomic mass is 32.2. The number of ether oxygens (including phenoxy) is 6. The van der Waals surface area contributed by atoms with Gasteiger partial charge in [-0.05, 0) is 78.5 Å². The molecule has 0 aliphatic rings. The number of amides is 10. The van der Waals surface area contributed by atoms with Crippen LogP contribution >= 0.6 is 23.5 Å². The Morgan fingerprint density at radius 1 is 0.267 bits per heavy atom. The van der Waals surface area contributed by atoms with E-state index in [0.717, 1.165) is 32.1 Å². The molecule has 0 fully saturated rings. The van der Waals surface area contributed by atoms with Gasteiger partial charge in [0.1, 0.15) is 0 Å². The fourth-order valence-corrected chi connectivity index (χ4v) is 15.9. The Labute approximate surface area is 881 Å². The fourth-order valence-electron chi connectivity index (χ4n) is 14.0. The third kappa shape index (κ3) is 69.3. The number of rotatable bonds is 90. The van der Waals surface area contributed by atoms with Crippen molar-refractivity contribution in [3.8, 4) is 0 Å². The number of hydrogen-bond donors (Lipinski definition) is 19. The largest absolute Gasteiger partial charge is 0.480 e. The molecule has 10 amide bonds. The summed E-state index contributed by atoms with van der Waals surface area (Å²) in [5, 5.41) is 82.2. The number of carbonyl (C=O) groups excluding carboxylic acids is 10. The Balaban J connectivity index is 1.34.